The highest BCUT2D eigenvalue weighted by molar-refractivity contribution is 5.33. The third-order valence-electron chi connectivity index (χ3n) is 4.01. The molecule has 24 heavy (non-hydrogen) atoms. The van der Waals surface area contributed by atoms with Gasteiger partial charge in [0.15, 0.2) is 0 Å². The van der Waals surface area contributed by atoms with E-state index in [2.05, 4.69) is 21.5 Å². The molecule has 138 valence electrons. The fourth-order valence-corrected chi connectivity index (χ4v) is 2.68. The number of hydrogen-bond donors (Lipinski definition) is 2. The molecular weight excluding hydrogens is 314 g/mol. The summed E-state index contributed by atoms with van der Waals surface area (Å²) < 4.78 is 7.27. The fraction of sp³-hybridized carbons (Fsp3) is 0.688. The lowest BCUT2D eigenvalue weighted by Crippen LogP contribution is -2.35. The van der Waals surface area contributed by atoms with Crippen LogP contribution in [0.4, 0.5) is 0 Å². The maximum absolute atomic E-state index is 8.36. The highest BCUT2D eigenvalue weighted by Crippen LogP contribution is 2.20. The molecule has 0 radical (unpaired) electrons. The first-order valence-electron chi connectivity index (χ1n) is 7.96. The molecule has 0 unspecified atom stereocenters. The van der Waals surface area contributed by atoms with Gasteiger partial charge in [-0.1, -0.05) is 0 Å². The van der Waals surface area contributed by atoms with E-state index in [9.17, 15) is 0 Å². The number of aromatic nitrogens is 2. The van der Waals surface area contributed by atoms with Crippen LogP contribution in [0.1, 0.15) is 25.1 Å². The summed E-state index contributed by atoms with van der Waals surface area (Å²) in [5.74, 6) is 2.06. The van der Waals surface area contributed by atoms with Crippen LogP contribution in [0.5, 0.6) is 0 Å². The second kappa shape index (κ2) is 14.6. The summed E-state index contributed by atoms with van der Waals surface area (Å²) in [7, 11) is 3.86. The van der Waals surface area contributed by atoms with Crippen molar-refractivity contribution in [2.75, 3.05) is 33.4 Å². The minimum atomic E-state index is -0.250. The Morgan fingerprint density at radius 2 is 1.88 bits per heavy atom. The molecule has 1 aliphatic rings. The summed E-state index contributed by atoms with van der Waals surface area (Å²) in [4.78, 5) is 23.7. The Bertz CT molecular complexity index is 425. The zero-order valence-corrected chi connectivity index (χ0v) is 14.5. The van der Waals surface area contributed by atoms with E-state index in [0.717, 1.165) is 25.5 Å². The molecule has 0 atom stereocenters. The molecule has 1 aromatic heterocycles. The molecule has 2 rings (SSSR count). The topological polar surface area (TPSA) is 105 Å². The van der Waals surface area contributed by atoms with Gasteiger partial charge in [-0.3, -0.25) is 9.59 Å². The maximum atomic E-state index is 8.36. The Labute approximate surface area is 143 Å². The number of nitrogens with zero attached hydrogens (tertiary/aromatic N) is 3. The standard InChI is InChI=1S/C14H25N3O.2CH2O2/c1-16-11-7-15-14(16)5-10-17-8-3-13(4-9-17)6-12-18-2;2*2-1-3/h7,11,13H,3-6,8-10,12H2,1-2H3;2*1H,(H,2,3). The predicted octanol–water partition coefficient (Wildman–Crippen LogP) is 1.11. The molecule has 0 aliphatic carbocycles. The number of aryl methyl sites for hydroxylation is 1. The van der Waals surface area contributed by atoms with Crippen LogP contribution in [0.2, 0.25) is 0 Å². The van der Waals surface area contributed by atoms with E-state index in [1.54, 1.807) is 7.11 Å². The Morgan fingerprint density at radius 1 is 1.29 bits per heavy atom. The summed E-state index contributed by atoms with van der Waals surface area (Å²) in [5, 5.41) is 13.8. The van der Waals surface area contributed by atoms with Crippen LogP contribution in [0, 0.1) is 5.92 Å². The van der Waals surface area contributed by atoms with E-state index >= 15 is 0 Å². The van der Waals surface area contributed by atoms with Gasteiger partial charge in [-0.05, 0) is 38.3 Å². The lowest BCUT2D eigenvalue weighted by Gasteiger charge is -2.31. The molecule has 0 saturated carbocycles. The van der Waals surface area contributed by atoms with Gasteiger partial charge >= 0.3 is 0 Å². The van der Waals surface area contributed by atoms with Crippen LogP contribution in [-0.2, 0) is 27.8 Å². The smallest absolute Gasteiger partial charge is 0.290 e. The molecule has 0 aromatic carbocycles. The van der Waals surface area contributed by atoms with Crippen LogP contribution in [0.25, 0.3) is 0 Å². The molecule has 0 amide bonds. The summed E-state index contributed by atoms with van der Waals surface area (Å²) in [6, 6.07) is 0. The largest absolute Gasteiger partial charge is 0.483 e. The SMILES string of the molecule is COCCC1CCN(CCc2nccn2C)CC1.O=CO.O=CO. The minimum absolute atomic E-state index is 0.250. The van der Waals surface area contributed by atoms with Gasteiger partial charge in [0.25, 0.3) is 12.9 Å². The van der Waals surface area contributed by atoms with Crippen molar-refractivity contribution in [3.63, 3.8) is 0 Å². The van der Waals surface area contributed by atoms with E-state index < -0.39 is 0 Å². The van der Waals surface area contributed by atoms with Crippen LogP contribution in [0.15, 0.2) is 12.4 Å². The van der Waals surface area contributed by atoms with Gasteiger partial charge in [-0.25, -0.2) is 4.98 Å². The zero-order chi connectivity index (χ0) is 18.2. The molecule has 2 heterocycles. The van der Waals surface area contributed by atoms with Crippen molar-refractivity contribution in [3.8, 4) is 0 Å². The molecule has 8 nitrogen and oxygen atoms in total. The quantitative estimate of drug-likeness (QED) is 0.746. The lowest BCUT2D eigenvalue weighted by molar-refractivity contribution is -0.123. The van der Waals surface area contributed by atoms with Crippen molar-refractivity contribution < 1.29 is 24.5 Å². The average molecular weight is 343 g/mol. The highest BCUT2D eigenvalue weighted by atomic mass is 16.5. The average Bonchev–Trinajstić information content (AvgIpc) is 2.98. The molecule has 2 N–H and O–H groups in total. The first kappa shape index (κ1) is 22.1. The van der Waals surface area contributed by atoms with Crippen molar-refractivity contribution in [2.45, 2.75) is 25.7 Å². The molecule has 0 bridgehead atoms. The van der Waals surface area contributed by atoms with Crippen LogP contribution in [0.3, 0.4) is 0 Å². The first-order chi connectivity index (χ1) is 11.6. The fourth-order valence-electron chi connectivity index (χ4n) is 2.68. The third kappa shape index (κ3) is 9.96. The van der Waals surface area contributed by atoms with Crippen molar-refractivity contribution in [3.05, 3.63) is 18.2 Å². The Balaban J connectivity index is 0.000000772. The van der Waals surface area contributed by atoms with Gasteiger partial charge in [-0.2, -0.15) is 0 Å². The Hall–Kier alpha value is -1.93. The molecule has 1 aliphatic heterocycles. The number of piperidine rings is 1. The number of imidazole rings is 1. The van der Waals surface area contributed by atoms with Crippen LogP contribution >= 0.6 is 0 Å². The molecule has 0 spiro atoms. The van der Waals surface area contributed by atoms with Crippen molar-refractivity contribution in [1.29, 1.82) is 0 Å². The van der Waals surface area contributed by atoms with Crippen molar-refractivity contribution in [2.24, 2.45) is 13.0 Å². The van der Waals surface area contributed by atoms with Gasteiger partial charge in [0.2, 0.25) is 0 Å². The molecule has 1 aromatic rings. The van der Waals surface area contributed by atoms with Gasteiger partial charge in [0.1, 0.15) is 5.82 Å². The summed E-state index contributed by atoms with van der Waals surface area (Å²) in [5.41, 5.74) is 0. The molecular formula is C16H29N3O5. The number of ether oxygens (including phenoxy) is 1. The maximum Gasteiger partial charge on any atom is 0.290 e. The predicted molar refractivity (Wildman–Crippen MR) is 90.0 cm³/mol. The first-order valence-corrected chi connectivity index (χ1v) is 7.96. The highest BCUT2D eigenvalue weighted by Gasteiger charge is 2.18. The molecule has 1 fully saturated rings. The van der Waals surface area contributed by atoms with Crippen molar-refractivity contribution in [1.82, 2.24) is 14.5 Å². The van der Waals surface area contributed by atoms with Gasteiger partial charge in [0.05, 0.1) is 0 Å². The van der Waals surface area contributed by atoms with Gasteiger partial charge in [0, 0.05) is 46.1 Å². The zero-order valence-electron chi connectivity index (χ0n) is 14.5. The molecule has 1 saturated heterocycles. The summed E-state index contributed by atoms with van der Waals surface area (Å²) in [6.07, 6.45) is 8.84. The third-order valence-corrected chi connectivity index (χ3v) is 4.01. The second-order valence-corrected chi connectivity index (χ2v) is 5.48. The second-order valence-electron chi connectivity index (χ2n) is 5.48. The number of methoxy groups -OCH3 is 1. The van der Waals surface area contributed by atoms with E-state index in [4.69, 9.17) is 24.5 Å². The number of carbonyl (C=O) groups is 2. The van der Waals surface area contributed by atoms with E-state index in [0.29, 0.717) is 0 Å². The normalized spacial score (nSPS) is 14.8. The Kier molecular flexibility index (Phi) is 13.5. The van der Waals surface area contributed by atoms with Crippen molar-refractivity contribution >= 4 is 12.9 Å². The van der Waals surface area contributed by atoms with E-state index in [1.807, 2.05) is 12.4 Å². The number of carboxylic acid groups (broad SMARTS) is 2. The lowest BCUT2D eigenvalue weighted by atomic mass is 9.94. The molecule has 8 heteroatoms. The number of hydrogen-bond acceptors (Lipinski definition) is 5. The van der Waals surface area contributed by atoms with Crippen LogP contribution in [-0.4, -0.2) is 71.0 Å². The number of rotatable bonds is 6. The number of likely N-dealkylation sites (tertiary alicyclic amines) is 1. The summed E-state index contributed by atoms with van der Waals surface area (Å²) >= 11 is 0. The van der Waals surface area contributed by atoms with Gasteiger partial charge in [-0.15, -0.1) is 0 Å². The van der Waals surface area contributed by atoms with Crippen LogP contribution < -0.4 is 0 Å². The Morgan fingerprint density at radius 3 is 2.33 bits per heavy atom. The minimum Gasteiger partial charge on any atom is -0.483 e. The van der Waals surface area contributed by atoms with Gasteiger partial charge < -0.3 is 24.4 Å². The van der Waals surface area contributed by atoms with E-state index in [1.165, 1.54) is 38.2 Å². The van der Waals surface area contributed by atoms with E-state index in [-0.39, 0.29) is 12.9 Å². The monoisotopic (exact) mass is 343 g/mol. The summed E-state index contributed by atoms with van der Waals surface area (Å²) in [6.45, 7) is 4.03.